The second-order valence-corrected chi connectivity index (χ2v) is 9.34. The summed E-state index contributed by atoms with van der Waals surface area (Å²) >= 11 is 0. The molecule has 10 heteroatoms. The summed E-state index contributed by atoms with van der Waals surface area (Å²) in [6, 6.07) is 8.47. The molecular formula is C24H29N7O3. The SMILES string of the molecule is COC(=O)N1CCC(n2ncc3c(N4C5CCC4COC5)nc(-c4ccc(N)cc4)nc32)CC1. The van der Waals surface area contributed by atoms with Crippen LogP contribution in [0.2, 0.25) is 0 Å². The van der Waals surface area contributed by atoms with Gasteiger partial charge in [-0.3, -0.25) is 0 Å². The number of morpholine rings is 1. The van der Waals surface area contributed by atoms with Crippen LogP contribution < -0.4 is 10.6 Å². The zero-order valence-electron chi connectivity index (χ0n) is 19.3. The summed E-state index contributed by atoms with van der Waals surface area (Å²) in [5.74, 6) is 1.60. The second-order valence-electron chi connectivity index (χ2n) is 9.34. The minimum Gasteiger partial charge on any atom is -0.453 e. The van der Waals surface area contributed by atoms with Crippen LogP contribution in [0.1, 0.15) is 31.7 Å². The van der Waals surface area contributed by atoms with Crippen molar-refractivity contribution in [2.45, 2.75) is 43.8 Å². The van der Waals surface area contributed by atoms with Crippen LogP contribution in [0.3, 0.4) is 0 Å². The van der Waals surface area contributed by atoms with Gasteiger partial charge in [0.1, 0.15) is 5.82 Å². The van der Waals surface area contributed by atoms with Gasteiger partial charge in [0.2, 0.25) is 0 Å². The third-order valence-corrected chi connectivity index (χ3v) is 7.33. The van der Waals surface area contributed by atoms with Crippen molar-refractivity contribution in [2.75, 3.05) is 44.0 Å². The molecule has 178 valence electrons. The zero-order chi connectivity index (χ0) is 23.2. The summed E-state index contributed by atoms with van der Waals surface area (Å²) in [6.07, 6.45) is 5.43. The molecule has 2 unspecified atom stereocenters. The summed E-state index contributed by atoms with van der Waals surface area (Å²) in [5, 5.41) is 5.75. The molecule has 3 fully saturated rings. The molecule has 1 aromatic carbocycles. The van der Waals surface area contributed by atoms with Gasteiger partial charge < -0.3 is 25.0 Å². The van der Waals surface area contributed by atoms with Crippen LogP contribution in [0.15, 0.2) is 30.5 Å². The standard InChI is InChI=1S/C24H29N7O3/c1-33-24(32)29-10-8-17(9-11-29)31-23-20(12-26-31)22(30-18-6-7-19(30)14-34-13-18)27-21(28-23)15-2-4-16(25)5-3-15/h2-5,12,17-19H,6-11,13-14,25H2,1H3. The van der Waals surface area contributed by atoms with E-state index in [0.717, 1.165) is 61.3 Å². The number of carbonyl (C=O) groups is 1. The first-order valence-electron chi connectivity index (χ1n) is 11.9. The maximum Gasteiger partial charge on any atom is 0.409 e. The molecule has 6 rings (SSSR count). The first-order valence-corrected chi connectivity index (χ1v) is 11.9. The van der Waals surface area contributed by atoms with Crippen molar-refractivity contribution in [3.05, 3.63) is 30.5 Å². The van der Waals surface area contributed by atoms with E-state index in [1.807, 2.05) is 35.1 Å². The average molecular weight is 464 g/mol. The smallest absolute Gasteiger partial charge is 0.409 e. The topological polar surface area (TPSA) is 112 Å². The Labute approximate surface area is 197 Å². The monoisotopic (exact) mass is 463 g/mol. The largest absolute Gasteiger partial charge is 0.453 e. The van der Waals surface area contributed by atoms with Crippen molar-refractivity contribution in [3.8, 4) is 11.4 Å². The Hall–Kier alpha value is -3.40. The predicted molar refractivity (Wildman–Crippen MR) is 128 cm³/mol. The van der Waals surface area contributed by atoms with Gasteiger partial charge >= 0.3 is 6.09 Å². The zero-order valence-corrected chi connectivity index (χ0v) is 19.3. The summed E-state index contributed by atoms with van der Waals surface area (Å²) < 4.78 is 12.7. The Kier molecular flexibility index (Phi) is 5.24. The fourth-order valence-corrected chi connectivity index (χ4v) is 5.53. The Morgan fingerprint density at radius 3 is 2.41 bits per heavy atom. The van der Waals surface area contributed by atoms with Gasteiger partial charge in [-0.2, -0.15) is 5.10 Å². The van der Waals surface area contributed by atoms with Crippen molar-refractivity contribution in [2.24, 2.45) is 0 Å². The lowest BCUT2D eigenvalue weighted by Crippen LogP contribution is -2.46. The minimum atomic E-state index is -0.276. The Bertz CT molecular complexity index is 1190. The number of hydrogen-bond acceptors (Lipinski definition) is 8. The van der Waals surface area contributed by atoms with Gasteiger partial charge in [0.15, 0.2) is 11.5 Å². The number of nitrogens with two attached hydrogens (primary N) is 1. The van der Waals surface area contributed by atoms with Gasteiger partial charge in [-0.1, -0.05) is 0 Å². The van der Waals surface area contributed by atoms with Crippen LogP contribution >= 0.6 is 0 Å². The number of nitrogen functional groups attached to an aromatic ring is 1. The molecule has 2 N–H and O–H groups in total. The van der Waals surface area contributed by atoms with Crippen molar-refractivity contribution in [3.63, 3.8) is 0 Å². The summed E-state index contributed by atoms with van der Waals surface area (Å²) in [7, 11) is 1.42. The molecule has 0 saturated carbocycles. The molecule has 34 heavy (non-hydrogen) atoms. The number of methoxy groups -OCH3 is 1. The molecule has 10 nitrogen and oxygen atoms in total. The highest BCUT2D eigenvalue weighted by Crippen LogP contribution is 2.38. The first-order chi connectivity index (χ1) is 16.6. The van der Waals surface area contributed by atoms with E-state index in [1.54, 1.807) is 4.90 Å². The number of aromatic nitrogens is 4. The number of amides is 1. The first kappa shape index (κ1) is 21.2. The van der Waals surface area contributed by atoms with Crippen molar-refractivity contribution >= 4 is 28.6 Å². The van der Waals surface area contributed by atoms with E-state index in [0.29, 0.717) is 36.7 Å². The fraction of sp³-hybridized carbons (Fsp3) is 0.500. The van der Waals surface area contributed by atoms with Gasteiger partial charge in [0.05, 0.1) is 50.0 Å². The van der Waals surface area contributed by atoms with Gasteiger partial charge in [0.25, 0.3) is 0 Å². The van der Waals surface area contributed by atoms with Gasteiger partial charge in [-0.15, -0.1) is 0 Å². The number of piperidine rings is 1. The molecule has 2 bridgehead atoms. The summed E-state index contributed by atoms with van der Waals surface area (Å²) in [6.45, 7) is 2.71. The van der Waals surface area contributed by atoms with Gasteiger partial charge in [0, 0.05) is 24.3 Å². The minimum absolute atomic E-state index is 0.154. The molecule has 0 spiro atoms. The second kappa shape index (κ2) is 8.43. The number of carbonyl (C=O) groups excluding carboxylic acids is 1. The normalized spacial score (nSPS) is 23.0. The summed E-state index contributed by atoms with van der Waals surface area (Å²) in [5.41, 5.74) is 8.38. The van der Waals surface area contributed by atoms with Crippen molar-refractivity contribution in [1.29, 1.82) is 0 Å². The van der Waals surface area contributed by atoms with E-state index < -0.39 is 0 Å². The van der Waals surface area contributed by atoms with Gasteiger partial charge in [-0.25, -0.2) is 19.4 Å². The highest BCUT2D eigenvalue weighted by molar-refractivity contribution is 5.89. The molecule has 1 amide bonds. The molecular weight excluding hydrogens is 434 g/mol. The van der Waals surface area contributed by atoms with E-state index in [1.165, 1.54) is 7.11 Å². The third kappa shape index (κ3) is 3.53. The van der Waals surface area contributed by atoms with Crippen LogP contribution in [0, 0.1) is 0 Å². The molecule has 0 radical (unpaired) electrons. The van der Waals surface area contributed by atoms with E-state index in [2.05, 4.69) is 4.90 Å². The van der Waals surface area contributed by atoms with Crippen LogP contribution in [-0.2, 0) is 9.47 Å². The Morgan fingerprint density at radius 1 is 1.03 bits per heavy atom. The number of nitrogens with zero attached hydrogens (tertiary/aromatic N) is 6. The number of hydrogen-bond donors (Lipinski definition) is 1. The van der Waals surface area contributed by atoms with Gasteiger partial charge in [-0.05, 0) is 49.9 Å². The molecule has 3 aliphatic heterocycles. The van der Waals surface area contributed by atoms with E-state index >= 15 is 0 Å². The van der Waals surface area contributed by atoms with Crippen molar-refractivity contribution in [1.82, 2.24) is 24.6 Å². The highest BCUT2D eigenvalue weighted by Gasteiger charge is 2.40. The average Bonchev–Trinajstić information content (AvgIpc) is 3.41. The number of likely N-dealkylation sites (tertiary alicyclic amines) is 1. The van der Waals surface area contributed by atoms with E-state index in [9.17, 15) is 4.79 Å². The number of ether oxygens (including phenoxy) is 2. The van der Waals surface area contributed by atoms with Crippen molar-refractivity contribution < 1.29 is 14.3 Å². The van der Waals surface area contributed by atoms with Crippen LogP contribution in [0.4, 0.5) is 16.3 Å². The molecule has 5 heterocycles. The number of rotatable bonds is 3. The lowest BCUT2D eigenvalue weighted by atomic mass is 10.1. The summed E-state index contributed by atoms with van der Waals surface area (Å²) in [4.78, 5) is 26.2. The maximum atomic E-state index is 11.9. The number of anilines is 2. The quantitative estimate of drug-likeness (QED) is 0.590. The predicted octanol–water partition coefficient (Wildman–Crippen LogP) is 2.85. The Morgan fingerprint density at radius 2 is 1.74 bits per heavy atom. The van der Waals surface area contributed by atoms with Crippen LogP contribution in [0.25, 0.3) is 22.4 Å². The molecule has 0 aliphatic carbocycles. The number of benzene rings is 1. The lowest BCUT2D eigenvalue weighted by Gasteiger charge is -2.36. The maximum absolute atomic E-state index is 11.9. The van der Waals surface area contributed by atoms with E-state index in [-0.39, 0.29) is 12.1 Å². The highest BCUT2D eigenvalue weighted by atomic mass is 16.5. The Balaban J connectivity index is 1.42. The molecule has 3 aliphatic rings. The lowest BCUT2D eigenvalue weighted by molar-refractivity contribution is 0.0904. The van der Waals surface area contributed by atoms with E-state index in [4.69, 9.17) is 30.3 Å². The van der Waals surface area contributed by atoms with Crippen LogP contribution in [-0.4, -0.2) is 76.2 Å². The molecule has 3 saturated heterocycles. The third-order valence-electron chi connectivity index (χ3n) is 7.33. The number of fused-ring (bicyclic) bond motifs is 3. The van der Waals surface area contributed by atoms with Crippen LogP contribution in [0.5, 0.6) is 0 Å². The molecule has 2 aromatic heterocycles. The molecule has 3 aromatic rings. The fourth-order valence-electron chi connectivity index (χ4n) is 5.53. The molecule has 2 atom stereocenters.